The lowest BCUT2D eigenvalue weighted by molar-refractivity contribution is -0.141. The lowest BCUT2D eigenvalue weighted by atomic mass is 9.90. The van der Waals surface area contributed by atoms with Crippen LogP contribution < -0.4 is 5.73 Å². The Hall–Kier alpha value is -1.06. The van der Waals surface area contributed by atoms with Crippen LogP contribution in [0.3, 0.4) is 0 Å². The Bertz CT molecular complexity index is 368. The number of benzene rings is 1. The fraction of sp³-hybridized carbons (Fsp3) is 0.417. The summed E-state index contributed by atoms with van der Waals surface area (Å²) < 4.78 is 0. The second-order valence-corrected chi connectivity index (χ2v) is 4.40. The number of carboxylic acid groups (broad SMARTS) is 1. The maximum Gasteiger partial charge on any atom is 0.307 e. The standard InChI is InChI=1S/C12H16ClNO2/c1-8(5-10(7-14)12(15)16)9-3-2-4-11(13)6-9/h2-4,6,8,10H,5,7,14H2,1H3,(H,15,16). The number of nitrogens with two attached hydrogens (primary N) is 1. The lowest BCUT2D eigenvalue weighted by Gasteiger charge is -2.16. The first kappa shape index (κ1) is 13.0. The van der Waals surface area contributed by atoms with E-state index in [4.69, 9.17) is 22.4 Å². The van der Waals surface area contributed by atoms with Crippen LogP contribution in [0.1, 0.15) is 24.8 Å². The zero-order chi connectivity index (χ0) is 12.1. The van der Waals surface area contributed by atoms with Crippen molar-refractivity contribution in [1.29, 1.82) is 0 Å². The molecule has 2 atom stereocenters. The monoisotopic (exact) mass is 241 g/mol. The predicted molar refractivity (Wildman–Crippen MR) is 64.7 cm³/mol. The van der Waals surface area contributed by atoms with Gasteiger partial charge in [-0.2, -0.15) is 0 Å². The highest BCUT2D eigenvalue weighted by atomic mass is 35.5. The Morgan fingerprint density at radius 1 is 1.56 bits per heavy atom. The maximum absolute atomic E-state index is 10.9. The Labute approximate surface area is 100 Å². The summed E-state index contributed by atoms with van der Waals surface area (Å²) in [5.41, 5.74) is 6.47. The number of halogens is 1. The number of aliphatic carboxylic acids is 1. The molecule has 1 rings (SSSR count). The van der Waals surface area contributed by atoms with E-state index >= 15 is 0 Å². The summed E-state index contributed by atoms with van der Waals surface area (Å²) in [6.45, 7) is 2.15. The van der Waals surface area contributed by atoms with Gasteiger partial charge in [0.1, 0.15) is 0 Å². The second-order valence-electron chi connectivity index (χ2n) is 3.96. The number of hydrogen-bond acceptors (Lipinski definition) is 2. The molecule has 0 fully saturated rings. The average molecular weight is 242 g/mol. The van der Waals surface area contributed by atoms with Crippen molar-refractivity contribution in [3.05, 3.63) is 34.9 Å². The van der Waals surface area contributed by atoms with Gasteiger partial charge in [0.15, 0.2) is 0 Å². The Morgan fingerprint density at radius 3 is 2.75 bits per heavy atom. The van der Waals surface area contributed by atoms with E-state index < -0.39 is 11.9 Å². The minimum Gasteiger partial charge on any atom is -0.481 e. The van der Waals surface area contributed by atoms with E-state index in [1.54, 1.807) is 6.07 Å². The van der Waals surface area contributed by atoms with E-state index in [9.17, 15) is 4.79 Å². The van der Waals surface area contributed by atoms with Crippen molar-refractivity contribution in [2.24, 2.45) is 11.7 Å². The molecule has 0 saturated heterocycles. The summed E-state index contributed by atoms with van der Waals surface area (Å²) in [4.78, 5) is 10.9. The summed E-state index contributed by atoms with van der Waals surface area (Å²) in [6.07, 6.45) is 0.534. The van der Waals surface area contributed by atoms with E-state index in [0.717, 1.165) is 5.56 Å². The summed E-state index contributed by atoms with van der Waals surface area (Å²) in [6, 6.07) is 7.48. The molecule has 0 radical (unpaired) electrons. The molecular weight excluding hydrogens is 226 g/mol. The molecule has 1 aromatic carbocycles. The van der Waals surface area contributed by atoms with E-state index in [1.165, 1.54) is 0 Å². The van der Waals surface area contributed by atoms with Gasteiger partial charge in [0, 0.05) is 11.6 Å². The zero-order valence-electron chi connectivity index (χ0n) is 9.19. The topological polar surface area (TPSA) is 63.3 Å². The molecule has 0 aromatic heterocycles. The molecule has 0 heterocycles. The van der Waals surface area contributed by atoms with Crippen LogP contribution >= 0.6 is 11.6 Å². The van der Waals surface area contributed by atoms with Gasteiger partial charge < -0.3 is 10.8 Å². The molecule has 3 nitrogen and oxygen atoms in total. The summed E-state index contributed by atoms with van der Waals surface area (Å²) >= 11 is 5.88. The predicted octanol–water partition coefficient (Wildman–Crippen LogP) is 2.49. The van der Waals surface area contributed by atoms with Gasteiger partial charge in [0.05, 0.1) is 5.92 Å². The highest BCUT2D eigenvalue weighted by molar-refractivity contribution is 6.30. The van der Waals surface area contributed by atoms with Crippen molar-refractivity contribution < 1.29 is 9.90 Å². The quantitative estimate of drug-likeness (QED) is 0.833. The van der Waals surface area contributed by atoms with Gasteiger partial charge in [-0.15, -0.1) is 0 Å². The number of carboxylic acids is 1. The molecule has 0 aliphatic rings. The summed E-state index contributed by atoms with van der Waals surface area (Å²) in [7, 11) is 0. The minimum atomic E-state index is -0.837. The van der Waals surface area contributed by atoms with E-state index in [1.807, 2.05) is 25.1 Å². The third-order valence-electron chi connectivity index (χ3n) is 2.69. The second kappa shape index (κ2) is 5.87. The molecule has 0 amide bonds. The molecule has 0 spiro atoms. The van der Waals surface area contributed by atoms with Crippen molar-refractivity contribution in [1.82, 2.24) is 0 Å². The molecule has 0 aliphatic carbocycles. The molecular formula is C12H16ClNO2. The van der Waals surface area contributed by atoms with Crippen LogP contribution in [0.15, 0.2) is 24.3 Å². The smallest absolute Gasteiger partial charge is 0.307 e. The van der Waals surface area contributed by atoms with Gasteiger partial charge in [-0.3, -0.25) is 4.79 Å². The van der Waals surface area contributed by atoms with Gasteiger partial charge in [0.2, 0.25) is 0 Å². The Kier molecular flexibility index (Phi) is 4.77. The average Bonchev–Trinajstić information content (AvgIpc) is 2.25. The van der Waals surface area contributed by atoms with Crippen LogP contribution in [0.25, 0.3) is 0 Å². The molecule has 0 saturated carbocycles. The highest BCUT2D eigenvalue weighted by Gasteiger charge is 2.19. The van der Waals surface area contributed by atoms with Crippen LogP contribution in [0.4, 0.5) is 0 Å². The first-order valence-corrected chi connectivity index (χ1v) is 5.60. The van der Waals surface area contributed by atoms with Crippen LogP contribution in [0, 0.1) is 5.92 Å². The van der Waals surface area contributed by atoms with Crippen molar-refractivity contribution in [2.45, 2.75) is 19.3 Å². The van der Waals surface area contributed by atoms with Gasteiger partial charge in [-0.1, -0.05) is 30.7 Å². The van der Waals surface area contributed by atoms with Gasteiger partial charge in [-0.05, 0) is 30.0 Å². The fourth-order valence-electron chi connectivity index (χ4n) is 1.67. The van der Waals surface area contributed by atoms with Crippen LogP contribution in [-0.2, 0) is 4.79 Å². The molecule has 2 unspecified atom stereocenters. The first-order chi connectivity index (χ1) is 7.54. The molecule has 4 heteroatoms. The van der Waals surface area contributed by atoms with Crippen molar-refractivity contribution >= 4 is 17.6 Å². The third kappa shape index (κ3) is 3.51. The number of rotatable bonds is 5. The Morgan fingerprint density at radius 2 is 2.25 bits per heavy atom. The number of hydrogen-bond donors (Lipinski definition) is 2. The maximum atomic E-state index is 10.9. The molecule has 0 aliphatic heterocycles. The van der Waals surface area contributed by atoms with E-state index in [-0.39, 0.29) is 12.5 Å². The summed E-state index contributed by atoms with van der Waals surface area (Å²) in [5.74, 6) is -1.19. The molecule has 3 N–H and O–H groups in total. The van der Waals surface area contributed by atoms with Gasteiger partial charge in [0.25, 0.3) is 0 Å². The van der Waals surface area contributed by atoms with Gasteiger partial charge in [-0.25, -0.2) is 0 Å². The van der Waals surface area contributed by atoms with E-state index in [0.29, 0.717) is 11.4 Å². The zero-order valence-corrected chi connectivity index (χ0v) is 9.95. The first-order valence-electron chi connectivity index (χ1n) is 5.23. The molecule has 88 valence electrons. The van der Waals surface area contributed by atoms with E-state index in [2.05, 4.69) is 0 Å². The van der Waals surface area contributed by atoms with Gasteiger partial charge >= 0.3 is 5.97 Å². The summed E-state index contributed by atoms with van der Waals surface area (Å²) in [5, 5.41) is 9.59. The molecule has 1 aromatic rings. The molecule has 16 heavy (non-hydrogen) atoms. The normalized spacial score (nSPS) is 14.4. The van der Waals surface area contributed by atoms with Crippen LogP contribution in [0.5, 0.6) is 0 Å². The van der Waals surface area contributed by atoms with Crippen molar-refractivity contribution in [3.63, 3.8) is 0 Å². The van der Waals surface area contributed by atoms with Crippen molar-refractivity contribution in [3.8, 4) is 0 Å². The van der Waals surface area contributed by atoms with Crippen LogP contribution in [-0.4, -0.2) is 17.6 Å². The minimum absolute atomic E-state index is 0.142. The largest absolute Gasteiger partial charge is 0.481 e. The fourth-order valence-corrected chi connectivity index (χ4v) is 1.87. The lowest BCUT2D eigenvalue weighted by Crippen LogP contribution is -2.24. The van der Waals surface area contributed by atoms with Crippen molar-refractivity contribution in [2.75, 3.05) is 6.54 Å². The van der Waals surface area contributed by atoms with Crippen LogP contribution in [0.2, 0.25) is 5.02 Å². The third-order valence-corrected chi connectivity index (χ3v) is 2.92. The highest BCUT2D eigenvalue weighted by Crippen LogP contribution is 2.25. The molecule has 0 bridgehead atoms. The SMILES string of the molecule is CC(CC(CN)C(=O)O)c1cccc(Cl)c1. The Balaban J connectivity index is 2.71. The number of carbonyl (C=O) groups is 1.